The number of amides is 1. The Labute approximate surface area is 152 Å². The average Bonchev–Trinajstić information content (AvgIpc) is 3.08. The second-order valence-corrected chi connectivity index (χ2v) is 7.53. The number of likely N-dealkylation sites (tertiary alicyclic amines) is 1. The molecule has 8 heteroatoms. The fraction of sp³-hybridized carbons (Fsp3) is 0.333. The summed E-state index contributed by atoms with van der Waals surface area (Å²) in [6, 6.07) is 8.04. The second kappa shape index (κ2) is 6.87. The number of H-pyrrole nitrogens is 2. The highest BCUT2D eigenvalue weighted by atomic mass is 32.1. The van der Waals surface area contributed by atoms with Gasteiger partial charge >= 0.3 is 5.69 Å². The van der Waals surface area contributed by atoms with Crippen LogP contribution in [0.4, 0.5) is 0 Å². The molecule has 7 nitrogen and oxygen atoms in total. The van der Waals surface area contributed by atoms with Crippen LogP contribution in [0.15, 0.2) is 40.1 Å². The van der Waals surface area contributed by atoms with E-state index in [1.165, 1.54) is 6.20 Å². The van der Waals surface area contributed by atoms with Crippen LogP contribution < -0.4 is 11.2 Å². The molecule has 1 fully saturated rings. The fourth-order valence-electron chi connectivity index (χ4n) is 3.31. The SMILES string of the molecule is O=C(Cc1c[nH]c(=O)[nH]c1=O)N1CCC[C@H](c2nc3ccccc3s2)C1. The lowest BCUT2D eigenvalue weighted by molar-refractivity contribution is -0.131. The van der Waals surface area contributed by atoms with Crippen LogP contribution in [0.1, 0.15) is 29.3 Å². The van der Waals surface area contributed by atoms with Gasteiger partial charge in [-0.25, -0.2) is 9.78 Å². The van der Waals surface area contributed by atoms with Gasteiger partial charge in [-0.05, 0) is 25.0 Å². The molecule has 1 aromatic carbocycles. The molecule has 1 saturated heterocycles. The molecule has 1 amide bonds. The maximum absolute atomic E-state index is 12.6. The molecular formula is C18H18N4O3S. The lowest BCUT2D eigenvalue weighted by atomic mass is 9.98. The van der Waals surface area contributed by atoms with Crippen molar-refractivity contribution in [3.63, 3.8) is 0 Å². The number of rotatable bonds is 3. The van der Waals surface area contributed by atoms with E-state index in [0.717, 1.165) is 28.1 Å². The molecule has 134 valence electrons. The van der Waals surface area contributed by atoms with Crippen LogP contribution in [0.2, 0.25) is 0 Å². The van der Waals surface area contributed by atoms with Crippen LogP contribution in [0.25, 0.3) is 10.2 Å². The zero-order valence-corrected chi connectivity index (χ0v) is 14.8. The lowest BCUT2D eigenvalue weighted by Crippen LogP contribution is -2.41. The molecule has 26 heavy (non-hydrogen) atoms. The monoisotopic (exact) mass is 370 g/mol. The van der Waals surface area contributed by atoms with Gasteiger partial charge in [-0.3, -0.25) is 14.6 Å². The van der Waals surface area contributed by atoms with Gasteiger partial charge in [-0.15, -0.1) is 11.3 Å². The predicted octanol–water partition coefficient (Wildman–Crippen LogP) is 1.62. The minimum Gasteiger partial charge on any atom is -0.342 e. The van der Waals surface area contributed by atoms with Gasteiger partial charge in [-0.2, -0.15) is 0 Å². The Bertz CT molecular complexity index is 1030. The standard InChI is InChI=1S/C18H18N4O3S/c23-15(8-12-9-19-18(25)21-16(12)24)22-7-3-4-11(10-22)17-20-13-5-1-2-6-14(13)26-17/h1-2,5-6,9,11H,3-4,7-8,10H2,(H2,19,21,24,25)/t11-/m0/s1. The van der Waals surface area contributed by atoms with Gasteiger partial charge in [0.25, 0.3) is 5.56 Å². The summed E-state index contributed by atoms with van der Waals surface area (Å²) < 4.78 is 1.16. The van der Waals surface area contributed by atoms with Crippen LogP contribution in [0.3, 0.4) is 0 Å². The molecule has 0 aliphatic carbocycles. The van der Waals surface area contributed by atoms with Gasteiger partial charge in [0.2, 0.25) is 5.91 Å². The van der Waals surface area contributed by atoms with E-state index in [0.29, 0.717) is 13.1 Å². The summed E-state index contributed by atoms with van der Waals surface area (Å²) in [6.45, 7) is 1.29. The lowest BCUT2D eigenvalue weighted by Gasteiger charge is -2.31. The van der Waals surface area contributed by atoms with E-state index < -0.39 is 11.2 Å². The van der Waals surface area contributed by atoms with E-state index in [9.17, 15) is 14.4 Å². The van der Waals surface area contributed by atoms with Crippen LogP contribution in [-0.2, 0) is 11.2 Å². The normalized spacial score (nSPS) is 17.5. The third-order valence-corrected chi connectivity index (χ3v) is 5.87. The zero-order chi connectivity index (χ0) is 18.1. The zero-order valence-electron chi connectivity index (χ0n) is 14.0. The maximum Gasteiger partial charge on any atom is 0.325 e. The summed E-state index contributed by atoms with van der Waals surface area (Å²) in [7, 11) is 0. The Hall–Kier alpha value is -2.74. The molecule has 0 spiro atoms. The molecule has 3 heterocycles. The Morgan fingerprint density at radius 1 is 1.31 bits per heavy atom. The van der Waals surface area contributed by atoms with Crippen molar-refractivity contribution in [3.8, 4) is 0 Å². The highest BCUT2D eigenvalue weighted by molar-refractivity contribution is 7.18. The summed E-state index contributed by atoms with van der Waals surface area (Å²) in [5, 5.41) is 1.06. The topological polar surface area (TPSA) is 98.9 Å². The molecule has 2 aromatic heterocycles. The minimum absolute atomic E-state index is 0.0152. The number of piperidine rings is 1. The summed E-state index contributed by atoms with van der Waals surface area (Å²) >= 11 is 1.68. The number of aromatic nitrogens is 3. The van der Waals surface area contributed by atoms with Crippen molar-refractivity contribution in [1.82, 2.24) is 19.9 Å². The van der Waals surface area contributed by atoms with Gasteiger partial charge in [0, 0.05) is 30.8 Å². The molecule has 0 bridgehead atoms. The minimum atomic E-state index is -0.569. The Balaban J connectivity index is 1.49. The number of hydrogen-bond acceptors (Lipinski definition) is 5. The molecule has 1 atom stereocenters. The van der Waals surface area contributed by atoms with Crippen LogP contribution in [-0.4, -0.2) is 38.8 Å². The first-order valence-corrected chi connectivity index (χ1v) is 9.36. The highest BCUT2D eigenvalue weighted by Gasteiger charge is 2.27. The van der Waals surface area contributed by atoms with E-state index in [-0.39, 0.29) is 23.8 Å². The molecule has 0 radical (unpaired) electrons. The van der Waals surface area contributed by atoms with Crippen molar-refractivity contribution in [2.75, 3.05) is 13.1 Å². The average molecular weight is 370 g/mol. The summed E-state index contributed by atoms with van der Waals surface area (Å²) in [6.07, 6.45) is 3.21. The molecular weight excluding hydrogens is 352 g/mol. The molecule has 3 aromatic rings. The maximum atomic E-state index is 12.6. The number of carbonyl (C=O) groups excluding carboxylic acids is 1. The van der Waals surface area contributed by atoms with Crippen molar-refractivity contribution >= 4 is 27.5 Å². The number of aromatic amines is 2. The van der Waals surface area contributed by atoms with Gasteiger partial charge < -0.3 is 9.88 Å². The first-order valence-electron chi connectivity index (χ1n) is 8.54. The van der Waals surface area contributed by atoms with Gasteiger partial charge in [0.05, 0.1) is 21.6 Å². The number of thiazole rings is 1. The quantitative estimate of drug-likeness (QED) is 0.732. The van der Waals surface area contributed by atoms with Gasteiger partial charge in [0.15, 0.2) is 0 Å². The van der Waals surface area contributed by atoms with Crippen molar-refractivity contribution in [2.24, 2.45) is 0 Å². The van der Waals surface area contributed by atoms with Crippen molar-refractivity contribution in [1.29, 1.82) is 0 Å². The Kier molecular flexibility index (Phi) is 4.42. The molecule has 0 saturated carbocycles. The number of para-hydroxylation sites is 1. The van der Waals surface area contributed by atoms with Crippen LogP contribution in [0.5, 0.6) is 0 Å². The van der Waals surface area contributed by atoms with E-state index in [1.54, 1.807) is 16.2 Å². The summed E-state index contributed by atoms with van der Waals surface area (Å²) in [5.41, 5.74) is 0.189. The fourth-order valence-corrected chi connectivity index (χ4v) is 4.41. The van der Waals surface area contributed by atoms with E-state index >= 15 is 0 Å². The molecule has 1 aliphatic heterocycles. The molecule has 1 aliphatic rings. The molecule has 0 unspecified atom stereocenters. The first-order chi connectivity index (χ1) is 12.6. The smallest absolute Gasteiger partial charge is 0.325 e. The Morgan fingerprint density at radius 2 is 2.15 bits per heavy atom. The largest absolute Gasteiger partial charge is 0.342 e. The van der Waals surface area contributed by atoms with E-state index in [2.05, 4.69) is 16.0 Å². The second-order valence-electron chi connectivity index (χ2n) is 6.47. The van der Waals surface area contributed by atoms with Crippen LogP contribution in [0, 0.1) is 0 Å². The van der Waals surface area contributed by atoms with Crippen LogP contribution >= 0.6 is 11.3 Å². The number of fused-ring (bicyclic) bond motifs is 1. The molecule has 4 rings (SSSR count). The molecule has 2 N–H and O–H groups in total. The number of nitrogens with one attached hydrogen (secondary N) is 2. The summed E-state index contributed by atoms with van der Waals surface area (Å²) in [4.78, 5) is 46.6. The first kappa shape index (κ1) is 16.7. The number of carbonyl (C=O) groups is 1. The van der Waals surface area contributed by atoms with Crippen molar-refractivity contribution in [3.05, 3.63) is 61.9 Å². The third-order valence-electron chi connectivity index (χ3n) is 4.67. The van der Waals surface area contributed by atoms with E-state index in [4.69, 9.17) is 4.98 Å². The number of nitrogens with zero attached hydrogens (tertiary/aromatic N) is 2. The van der Waals surface area contributed by atoms with Gasteiger partial charge in [0.1, 0.15) is 0 Å². The number of benzene rings is 1. The highest BCUT2D eigenvalue weighted by Crippen LogP contribution is 2.33. The van der Waals surface area contributed by atoms with Crippen molar-refractivity contribution < 1.29 is 4.79 Å². The predicted molar refractivity (Wildman–Crippen MR) is 99.6 cm³/mol. The van der Waals surface area contributed by atoms with E-state index in [1.807, 2.05) is 18.2 Å². The number of hydrogen-bond donors (Lipinski definition) is 2. The third kappa shape index (κ3) is 3.32. The van der Waals surface area contributed by atoms with Crippen molar-refractivity contribution in [2.45, 2.75) is 25.2 Å². The summed E-state index contributed by atoms with van der Waals surface area (Å²) in [5.74, 6) is 0.118. The Morgan fingerprint density at radius 3 is 2.96 bits per heavy atom. The van der Waals surface area contributed by atoms with Gasteiger partial charge in [-0.1, -0.05) is 12.1 Å².